The van der Waals surface area contributed by atoms with Crippen LogP contribution >= 0.6 is 0 Å². The van der Waals surface area contributed by atoms with Gasteiger partial charge in [-0.2, -0.15) is 0 Å². The molecule has 0 saturated carbocycles. The maximum Gasteiger partial charge on any atom is 0.146 e. The number of aromatic nitrogens is 2. The number of nitrogens with zero attached hydrogens (tertiary/aromatic N) is 3. The van der Waals surface area contributed by atoms with Crippen LogP contribution in [-0.2, 0) is 9.47 Å². The first kappa shape index (κ1) is 19.6. The Balaban J connectivity index is 2.74. The highest BCUT2D eigenvalue weighted by Gasteiger charge is 2.02. The van der Waals surface area contributed by atoms with Crippen LogP contribution in [0.5, 0.6) is 0 Å². The van der Waals surface area contributed by atoms with Crippen molar-refractivity contribution in [1.82, 2.24) is 9.97 Å². The number of rotatable bonds is 11. The van der Waals surface area contributed by atoms with Crippen molar-refractivity contribution in [1.29, 1.82) is 0 Å². The van der Waals surface area contributed by atoms with Gasteiger partial charge in [0.15, 0.2) is 0 Å². The minimum absolute atomic E-state index is 0.590. The van der Waals surface area contributed by atoms with Crippen LogP contribution in [0, 0.1) is 0 Å². The Morgan fingerprint density at radius 1 is 1.12 bits per heavy atom. The summed E-state index contributed by atoms with van der Waals surface area (Å²) in [6.07, 6.45) is 11.5. The molecule has 24 heavy (non-hydrogen) atoms. The zero-order valence-electron chi connectivity index (χ0n) is 14.9. The Bertz CT molecular complexity index is 575. The zero-order chi connectivity index (χ0) is 17.8. The Kier molecular flexibility index (Phi) is 9.16. The summed E-state index contributed by atoms with van der Waals surface area (Å²) in [5, 5.41) is 0. The lowest BCUT2D eigenvalue weighted by Crippen LogP contribution is -2.11. The van der Waals surface area contributed by atoms with E-state index in [1.165, 1.54) is 0 Å². The largest absolute Gasteiger partial charge is 0.494 e. The SMILES string of the molecule is C=C/C(=C\C=C(/C=C)c1cnc(N(C)C)cn1)OCCCOCC. The van der Waals surface area contributed by atoms with Crippen molar-refractivity contribution >= 4 is 11.4 Å². The summed E-state index contributed by atoms with van der Waals surface area (Å²) in [7, 11) is 3.85. The van der Waals surface area contributed by atoms with E-state index < -0.39 is 0 Å². The highest BCUT2D eigenvalue weighted by Crippen LogP contribution is 2.15. The molecule has 0 aliphatic heterocycles. The van der Waals surface area contributed by atoms with E-state index in [1.54, 1.807) is 24.5 Å². The molecule has 0 N–H and O–H groups in total. The van der Waals surface area contributed by atoms with Crippen LogP contribution in [0.1, 0.15) is 19.0 Å². The molecule has 0 saturated heterocycles. The van der Waals surface area contributed by atoms with Crippen molar-refractivity contribution in [3.05, 3.63) is 61.3 Å². The molecule has 0 fully saturated rings. The van der Waals surface area contributed by atoms with E-state index in [-0.39, 0.29) is 0 Å². The van der Waals surface area contributed by atoms with Crippen LogP contribution in [0.3, 0.4) is 0 Å². The minimum atomic E-state index is 0.590. The van der Waals surface area contributed by atoms with Crippen molar-refractivity contribution in [2.45, 2.75) is 13.3 Å². The molecule has 1 heterocycles. The third-order valence-electron chi connectivity index (χ3n) is 3.15. The maximum absolute atomic E-state index is 5.66. The standard InChI is InChI=1S/C19H27N3O2/c1-6-16(18-14-21-19(15-20-18)22(4)5)10-11-17(7-2)24-13-9-12-23-8-3/h6-7,10-11,14-15H,1-2,8-9,12-13H2,3-5H3/b16-10+,17-11+. The first-order valence-electron chi connectivity index (χ1n) is 7.99. The number of ether oxygens (including phenoxy) is 2. The number of anilines is 1. The fourth-order valence-electron chi connectivity index (χ4n) is 1.80. The summed E-state index contributed by atoms with van der Waals surface area (Å²) < 4.78 is 10.9. The van der Waals surface area contributed by atoms with Gasteiger partial charge < -0.3 is 14.4 Å². The predicted molar refractivity (Wildman–Crippen MR) is 99.9 cm³/mol. The highest BCUT2D eigenvalue weighted by atomic mass is 16.5. The normalized spacial score (nSPS) is 12.0. The molecule has 0 aromatic carbocycles. The summed E-state index contributed by atoms with van der Waals surface area (Å²) in [6, 6.07) is 0. The van der Waals surface area contributed by atoms with Gasteiger partial charge in [0.05, 0.1) is 24.7 Å². The minimum Gasteiger partial charge on any atom is -0.494 e. The molecule has 1 rings (SSSR count). The Labute approximate surface area is 145 Å². The fourth-order valence-corrected chi connectivity index (χ4v) is 1.80. The van der Waals surface area contributed by atoms with Gasteiger partial charge in [0, 0.05) is 39.3 Å². The summed E-state index contributed by atoms with van der Waals surface area (Å²) >= 11 is 0. The maximum atomic E-state index is 5.66. The van der Waals surface area contributed by atoms with E-state index in [9.17, 15) is 0 Å². The van der Waals surface area contributed by atoms with Gasteiger partial charge in [-0.05, 0) is 25.2 Å². The Hall–Kier alpha value is -2.40. The molecule has 130 valence electrons. The van der Waals surface area contributed by atoms with Gasteiger partial charge in [0.25, 0.3) is 0 Å². The molecule has 0 amide bonds. The molecule has 0 aliphatic rings. The number of hydrogen-bond donors (Lipinski definition) is 0. The second kappa shape index (κ2) is 11.2. The average Bonchev–Trinajstić information content (AvgIpc) is 2.60. The molecule has 5 heteroatoms. The monoisotopic (exact) mass is 329 g/mol. The molecule has 0 aliphatic carbocycles. The van der Waals surface area contributed by atoms with E-state index in [1.807, 2.05) is 38.1 Å². The van der Waals surface area contributed by atoms with E-state index in [2.05, 4.69) is 23.1 Å². The molecule has 1 aromatic rings. The third kappa shape index (κ3) is 6.79. The Morgan fingerprint density at radius 2 is 1.92 bits per heavy atom. The Morgan fingerprint density at radius 3 is 2.46 bits per heavy atom. The number of allylic oxidation sites excluding steroid dienone is 5. The van der Waals surface area contributed by atoms with Crippen molar-refractivity contribution in [2.75, 3.05) is 38.8 Å². The zero-order valence-corrected chi connectivity index (χ0v) is 14.9. The van der Waals surface area contributed by atoms with Gasteiger partial charge in [-0.1, -0.05) is 19.2 Å². The molecule has 1 aromatic heterocycles. The van der Waals surface area contributed by atoms with Gasteiger partial charge in [-0.3, -0.25) is 4.98 Å². The van der Waals surface area contributed by atoms with Crippen molar-refractivity contribution in [2.24, 2.45) is 0 Å². The fraction of sp³-hybridized carbons (Fsp3) is 0.368. The lowest BCUT2D eigenvalue weighted by atomic mass is 10.1. The van der Waals surface area contributed by atoms with Crippen LogP contribution in [0.4, 0.5) is 5.82 Å². The number of hydrogen-bond acceptors (Lipinski definition) is 5. The van der Waals surface area contributed by atoms with Crippen molar-refractivity contribution in [3.63, 3.8) is 0 Å². The molecule has 0 unspecified atom stereocenters. The van der Waals surface area contributed by atoms with E-state index in [0.29, 0.717) is 19.0 Å². The average molecular weight is 329 g/mol. The predicted octanol–water partition coefficient (Wildman–Crippen LogP) is 3.63. The van der Waals surface area contributed by atoms with E-state index >= 15 is 0 Å². The van der Waals surface area contributed by atoms with E-state index in [0.717, 1.165) is 30.1 Å². The molecular weight excluding hydrogens is 302 g/mol. The van der Waals surface area contributed by atoms with Gasteiger partial charge in [-0.15, -0.1) is 0 Å². The first-order chi connectivity index (χ1) is 11.6. The van der Waals surface area contributed by atoms with Crippen LogP contribution in [0.15, 0.2) is 55.6 Å². The van der Waals surface area contributed by atoms with Gasteiger partial charge in [0.1, 0.15) is 11.6 Å². The smallest absolute Gasteiger partial charge is 0.146 e. The van der Waals surface area contributed by atoms with Crippen LogP contribution in [0.25, 0.3) is 5.57 Å². The van der Waals surface area contributed by atoms with Gasteiger partial charge in [0.2, 0.25) is 0 Å². The quantitative estimate of drug-likeness (QED) is 0.352. The van der Waals surface area contributed by atoms with Gasteiger partial charge >= 0.3 is 0 Å². The molecule has 0 bridgehead atoms. The molecular formula is C19H27N3O2. The highest BCUT2D eigenvalue weighted by molar-refractivity contribution is 5.72. The molecule has 0 radical (unpaired) electrons. The van der Waals surface area contributed by atoms with Crippen molar-refractivity contribution < 1.29 is 9.47 Å². The van der Waals surface area contributed by atoms with Crippen LogP contribution in [-0.4, -0.2) is 43.9 Å². The summed E-state index contributed by atoms with van der Waals surface area (Å²) in [5.41, 5.74) is 1.62. The summed E-state index contributed by atoms with van der Waals surface area (Å²) in [4.78, 5) is 10.7. The molecule has 0 atom stereocenters. The van der Waals surface area contributed by atoms with E-state index in [4.69, 9.17) is 9.47 Å². The second-order valence-electron chi connectivity index (χ2n) is 5.15. The first-order valence-corrected chi connectivity index (χ1v) is 7.99. The summed E-state index contributed by atoms with van der Waals surface area (Å²) in [5.74, 6) is 1.51. The van der Waals surface area contributed by atoms with Crippen molar-refractivity contribution in [3.8, 4) is 0 Å². The third-order valence-corrected chi connectivity index (χ3v) is 3.15. The lowest BCUT2D eigenvalue weighted by molar-refractivity contribution is 0.118. The van der Waals surface area contributed by atoms with Crippen LogP contribution < -0.4 is 4.90 Å². The summed E-state index contributed by atoms with van der Waals surface area (Å²) in [6.45, 7) is 11.6. The van der Waals surface area contributed by atoms with Crippen LogP contribution in [0.2, 0.25) is 0 Å². The lowest BCUT2D eigenvalue weighted by Gasteiger charge is -2.10. The topological polar surface area (TPSA) is 47.5 Å². The molecule has 5 nitrogen and oxygen atoms in total. The molecule has 0 spiro atoms. The second-order valence-corrected chi connectivity index (χ2v) is 5.15. The van der Waals surface area contributed by atoms with Gasteiger partial charge in [-0.25, -0.2) is 4.98 Å².